The highest BCUT2D eigenvalue weighted by atomic mass is 35.5. The lowest BCUT2D eigenvalue weighted by Gasteiger charge is -2.32. The third-order valence-corrected chi connectivity index (χ3v) is 3.48. The molecule has 5 heteroatoms. The van der Waals surface area contributed by atoms with Crippen molar-refractivity contribution in [2.24, 2.45) is 5.92 Å². The van der Waals surface area contributed by atoms with Gasteiger partial charge in [-0.2, -0.15) is 0 Å². The van der Waals surface area contributed by atoms with Gasteiger partial charge in [0.2, 0.25) is 11.8 Å². The molecule has 0 aromatic rings. The van der Waals surface area contributed by atoms with Crippen LogP contribution in [0.3, 0.4) is 0 Å². The molecule has 2 amide bonds. The number of amides is 2. The first-order valence-corrected chi connectivity index (χ1v) is 6.72. The first-order valence-electron chi connectivity index (χ1n) is 6.18. The Bertz CT molecular complexity index is 276. The van der Waals surface area contributed by atoms with Crippen LogP contribution < -0.4 is 0 Å². The molecule has 0 saturated carbocycles. The summed E-state index contributed by atoms with van der Waals surface area (Å²) in [5.74, 6) is 0.296. The van der Waals surface area contributed by atoms with Crippen molar-refractivity contribution in [2.75, 3.05) is 32.6 Å². The number of rotatable bonds is 4. The number of halogens is 1. The van der Waals surface area contributed by atoms with E-state index in [-0.39, 0.29) is 23.6 Å². The highest BCUT2D eigenvalue weighted by Gasteiger charge is 2.28. The largest absolute Gasteiger partial charge is 0.346 e. The summed E-state index contributed by atoms with van der Waals surface area (Å²) in [5.41, 5.74) is 0. The average molecular weight is 261 g/mol. The lowest BCUT2D eigenvalue weighted by molar-refractivity contribution is -0.138. The highest BCUT2D eigenvalue weighted by Crippen LogP contribution is 2.19. The summed E-state index contributed by atoms with van der Waals surface area (Å²) in [7, 11) is 1.85. The van der Waals surface area contributed by atoms with Crippen LogP contribution in [0.25, 0.3) is 0 Å². The molecular weight excluding hydrogens is 240 g/mol. The quantitative estimate of drug-likeness (QED) is 0.716. The van der Waals surface area contributed by atoms with Crippen LogP contribution in [-0.2, 0) is 9.59 Å². The number of hydrogen-bond acceptors (Lipinski definition) is 2. The fourth-order valence-corrected chi connectivity index (χ4v) is 2.39. The molecule has 1 saturated heterocycles. The van der Waals surface area contributed by atoms with Crippen molar-refractivity contribution < 1.29 is 9.59 Å². The van der Waals surface area contributed by atoms with Gasteiger partial charge in [-0.1, -0.05) is 6.92 Å². The molecule has 98 valence electrons. The van der Waals surface area contributed by atoms with Gasteiger partial charge in [-0.15, -0.1) is 11.6 Å². The predicted molar refractivity (Wildman–Crippen MR) is 68.0 cm³/mol. The van der Waals surface area contributed by atoms with Gasteiger partial charge in [0.25, 0.3) is 0 Å². The van der Waals surface area contributed by atoms with Crippen molar-refractivity contribution in [1.29, 1.82) is 0 Å². The molecule has 1 aliphatic rings. The molecule has 1 rings (SSSR count). The zero-order valence-corrected chi connectivity index (χ0v) is 11.4. The summed E-state index contributed by atoms with van der Waals surface area (Å²) < 4.78 is 0. The van der Waals surface area contributed by atoms with Crippen molar-refractivity contribution in [2.45, 2.75) is 26.2 Å². The summed E-state index contributed by atoms with van der Waals surface area (Å²) in [6, 6.07) is 0. The molecule has 0 spiro atoms. The van der Waals surface area contributed by atoms with E-state index in [1.807, 2.05) is 7.05 Å². The molecule has 1 heterocycles. The van der Waals surface area contributed by atoms with Crippen molar-refractivity contribution in [3.8, 4) is 0 Å². The van der Waals surface area contributed by atoms with Gasteiger partial charge in [0.1, 0.15) is 5.88 Å². The van der Waals surface area contributed by atoms with E-state index in [0.29, 0.717) is 13.1 Å². The third kappa shape index (κ3) is 3.87. The van der Waals surface area contributed by atoms with Crippen LogP contribution in [-0.4, -0.2) is 54.2 Å². The van der Waals surface area contributed by atoms with E-state index in [1.165, 1.54) is 0 Å². The summed E-state index contributed by atoms with van der Waals surface area (Å²) >= 11 is 5.51. The first-order chi connectivity index (χ1) is 8.10. The molecule has 0 radical (unpaired) electrons. The van der Waals surface area contributed by atoms with Gasteiger partial charge in [-0.25, -0.2) is 0 Å². The number of hydrogen-bond donors (Lipinski definition) is 0. The monoisotopic (exact) mass is 260 g/mol. The van der Waals surface area contributed by atoms with E-state index in [2.05, 4.69) is 6.92 Å². The van der Waals surface area contributed by atoms with Gasteiger partial charge in [0, 0.05) is 32.6 Å². The van der Waals surface area contributed by atoms with Crippen LogP contribution in [0.5, 0.6) is 0 Å². The minimum atomic E-state index is -0.0283. The first kappa shape index (κ1) is 14.3. The Morgan fingerprint density at radius 1 is 1.35 bits per heavy atom. The zero-order chi connectivity index (χ0) is 12.8. The number of piperidine rings is 1. The second-order valence-corrected chi connectivity index (χ2v) is 4.82. The maximum Gasteiger partial charge on any atom is 0.237 e. The van der Waals surface area contributed by atoms with Crippen LogP contribution >= 0.6 is 11.6 Å². The molecule has 1 aliphatic heterocycles. The lowest BCUT2D eigenvalue weighted by atomic mass is 9.95. The van der Waals surface area contributed by atoms with Crippen LogP contribution in [0.4, 0.5) is 0 Å². The van der Waals surface area contributed by atoms with E-state index < -0.39 is 0 Å². The molecule has 0 N–H and O–H groups in total. The standard InChI is InChI=1S/C12H21ClN2O2/c1-3-6-14(2)12(17)10-4-7-15(8-5-10)11(16)9-13/h10H,3-9H2,1-2H3. The molecule has 1 fully saturated rings. The molecule has 17 heavy (non-hydrogen) atoms. The summed E-state index contributed by atoms with van der Waals surface area (Å²) in [4.78, 5) is 27.0. The normalized spacial score (nSPS) is 17.0. The Morgan fingerprint density at radius 3 is 2.41 bits per heavy atom. The van der Waals surface area contributed by atoms with Gasteiger partial charge >= 0.3 is 0 Å². The van der Waals surface area contributed by atoms with Gasteiger partial charge in [0.05, 0.1) is 0 Å². The predicted octanol–water partition coefficient (Wildman–Crippen LogP) is 1.33. The lowest BCUT2D eigenvalue weighted by Crippen LogP contribution is -2.44. The van der Waals surface area contributed by atoms with Crippen LogP contribution in [0.15, 0.2) is 0 Å². The fourth-order valence-electron chi connectivity index (χ4n) is 2.22. The second kappa shape index (κ2) is 6.84. The molecular formula is C12H21ClN2O2. The zero-order valence-electron chi connectivity index (χ0n) is 10.6. The van der Waals surface area contributed by atoms with Gasteiger partial charge in [-0.05, 0) is 19.3 Å². The smallest absolute Gasteiger partial charge is 0.237 e. The number of carbonyl (C=O) groups is 2. The Labute approximate surface area is 108 Å². The third-order valence-electron chi connectivity index (χ3n) is 3.25. The second-order valence-electron chi connectivity index (χ2n) is 4.55. The fraction of sp³-hybridized carbons (Fsp3) is 0.833. The highest BCUT2D eigenvalue weighted by molar-refractivity contribution is 6.27. The van der Waals surface area contributed by atoms with Gasteiger partial charge < -0.3 is 9.80 Å². The molecule has 0 aromatic carbocycles. The number of alkyl halides is 1. The molecule has 0 aromatic heterocycles. The van der Waals surface area contributed by atoms with Crippen molar-refractivity contribution in [1.82, 2.24) is 9.80 Å². The number of likely N-dealkylation sites (tertiary alicyclic amines) is 1. The Kier molecular flexibility index (Phi) is 5.75. The number of nitrogens with zero attached hydrogens (tertiary/aromatic N) is 2. The summed E-state index contributed by atoms with van der Waals surface area (Å²) in [5, 5.41) is 0. The Balaban J connectivity index is 2.41. The molecule has 0 atom stereocenters. The maximum atomic E-state index is 12.0. The minimum absolute atomic E-state index is 0.0283. The summed E-state index contributed by atoms with van der Waals surface area (Å²) in [6.45, 7) is 4.18. The van der Waals surface area contributed by atoms with E-state index in [0.717, 1.165) is 25.8 Å². The van der Waals surface area contributed by atoms with E-state index in [9.17, 15) is 9.59 Å². The van der Waals surface area contributed by atoms with Crippen LogP contribution in [0.2, 0.25) is 0 Å². The SMILES string of the molecule is CCCN(C)C(=O)C1CCN(C(=O)CCl)CC1. The van der Waals surface area contributed by atoms with E-state index in [4.69, 9.17) is 11.6 Å². The number of carbonyl (C=O) groups excluding carboxylic acids is 2. The minimum Gasteiger partial charge on any atom is -0.346 e. The van der Waals surface area contributed by atoms with E-state index in [1.54, 1.807) is 9.80 Å². The average Bonchev–Trinajstić information content (AvgIpc) is 2.37. The summed E-state index contributed by atoms with van der Waals surface area (Å²) in [6.07, 6.45) is 2.50. The van der Waals surface area contributed by atoms with Crippen LogP contribution in [0, 0.1) is 5.92 Å². The van der Waals surface area contributed by atoms with Crippen LogP contribution in [0.1, 0.15) is 26.2 Å². The molecule has 0 aliphatic carbocycles. The van der Waals surface area contributed by atoms with Gasteiger partial charge in [-0.3, -0.25) is 9.59 Å². The topological polar surface area (TPSA) is 40.6 Å². The molecule has 0 unspecified atom stereocenters. The van der Waals surface area contributed by atoms with Gasteiger partial charge in [0.15, 0.2) is 0 Å². The Morgan fingerprint density at radius 2 is 1.94 bits per heavy atom. The Hall–Kier alpha value is -0.770. The molecule has 4 nitrogen and oxygen atoms in total. The van der Waals surface area contributed by atoms with Crippen molar-refractivity contribution in [3.63, 3.8) is 0 Å². The maximum absolute atomic E-state index is 12.0. The van der Waals surface area contributed by atoms with Crippen molar-refractivity contribution in [3.05, 3.63) is 0 Å². The van der Waals surface area contributed by atoms with E-state index >= 15 is 0 Å². The molecule has 0 bridgehead atoms. The van der Waals surface area contributed by atoms with Crippen molar-refractivity contribution >= 4 is 23.4 Å².